The van der Waals surface area contributed by atoms with E-state index in [0.717, 1.165) is 25.4 Å². The van der Waals surface area contributed by atoms with Crippen molar-refractivity contribution in [3.63, 3.8) is 0 Å². The standard InChI is InChI=1S/C18H22N4O2/c1-13-9-15(20-19-13)18(23)22-11-16-17(12-22)24-8-7-21(16)10-14-5-3-2-4-6-14/h2-6,9,16-17H,7-8,10-12H2,1H3,(H,19,20). The highest BCUT2D eigenvalue weighted by Crippen LogP contribution is 2.25. The van der Waals surface area contributed by atoms with Gasteiger partial charge in [-0.15, -0.1) is 0 Å². The molecule has 0 spiro atoms. The van der Waals surface area contributed by atoms with Gasteiger partial charge in [-0.05, 0) is 18.6 Å². The number of amides is 1. The third-order valence-electron chi connectivity index (χ3n) is 4.86. The molecule has 1 amide bonds. The van der Waals surface area contributed by atoms with Gasteiger partial charge < -0.3 is 9.64 Å². The Bertz CT molecular complexity index is 715. The first-order valence-corrected chi connectivity index (χ1v) is 8.41. The number of likely N-dealkylation sites (tertiary alicyclic amines) is 1. The summed E-state index contributed by atoms with van der Waals surface area (Å²) in [7, 11) is 0. The van der Waals surface area contributed by atoms with Crippen LogP contribution in [0.3, 0.4) is 0 Å². The molecule has 0 saturated carbocycles. The van der Waals surface area contributed by atoms with E-state index in [0.29, 0.717) is 18.8 Å². The summed E-state index contributed by atoms with van der Waals surface area (Å²) in [5.74, 6) is -0.0167. The summed E-state index contributed by atoms with van der Waals surface area (Å²) in [5, 5.41) is 6.93. The van der Waals surface area contributed by atoms with Gasteiger partial charge in [-0.3, -0.25) is 14.8 Å². The van der Waals surface area contributed by atoms with Crippen molar-refractivity contribution in [2.45, 2.75) is 25.6 Å². The summed E-state index contributed by atoms with van der Waals surface area (Å²) in [6.07, 6.45) is 0.0893. The molecule has 1 aromatic carbocycles. The van der Waals surface area contributed by atoms with Crippen molar-refractivity contribution in [3.8, 4) is 0 Å². The number of nitrogens with one attached hydrogen (secondary N) is 1. The zero-order valence-corrected chi connectivity index (χ0v) is 13.8. The van der Waals surface area contributed by atoms with Gasteiger partial charge >= 0.3 is 0 Å². The maximum absolute atomic E-state index is 12.6. The van der Waals surface area contributed by atoms with E-state index in [-0.39, 0.29) is 18.1 Å². The molecule has 2 saturated heterocycles. The van der Waals surface area contributed by atoms with Crippen LogP contribution in [-0.4, -0.2) is 64.3 Å². The number of benzene rings is 1. The molecular formula is C18H22N4O2. The van der Waals surface area contributed by atoms with E-state index in [1.807, 2.05) is 17.9 Å². The monoisotopic (exact) mass is 326 g/mol. The molecule has 0 radical (unpaired) electrons. The van der Waals surface area contributed by atoms with Gasteiger partial charge in [-0.2, -0.15) is 5.10 Å². The number of aromatic nitrogens is 2. The minimum atomic E-state index is -0.0167. The number of aryl methyl sites for hydroxylation is 1. The number of nitrogens with zero attached hydrogens (tertiary/aromatic N) is 3. The predicted molar refractivity (Wildman–Crippen MR) is 89.6 cm³/mol. The Balaban J connectivity index is 1.47. The lowest BCUT2D eigenvalue weighted by Crippen LogP contribution is -2.50. The zero-order valence-electron chi connectivity index (χ0n) is 13.8. The van der Waals surface area contributed by atoms with Gasteiger partial charge in [-0.1, -0.05) is 30.3 Å². The summed E-state index contributed by atoms with van der Waals surface area (Å²) >= 11 is 0. The van der Waals surface area contributed by atoms with Crippen molar-refractivity contribution in [2.75, 3.05) is 26.2 Å². The van der Waals surface area contributed by atoms with Crippen LogP contribution in [0.1, 0.15) is 21.7 Å². The first-order chi connectivity index (χ1) is 11.7. The summed E-state index contributed by atoms with van der Waals surface area (Å²) in [5.41, 5.74) is 2.68. The molecule has 2 aliphatic heterocycles. The Hall–Kier alpha value is -2.18. The number of carbonyl (C=O) groups excluding carboxylic acids is 1. The van der Waals surface area contributed by atoms with Crippen LogP contribution in [0.2, 0.25) is 0 Å². The van der Waals surface area contributed by atoms with Crippen molar-refractivity contribution in [1.82, 2.24) is 20.0 Å². The van der Waals surface area contributed by atoms with Crippen molar-refractivity contribution >= 4 is 5.91 Å². The van der Waals surface area contributed by atoms with Crippen molar-refractivity contribution in [1.29, 1.82) is 0 Å². The van der Waals surface area contributed by atoms with E-state index >= 15 is 0 Å². The molecule has 2 aromatic rings. The smallest absolute Gasteiger partial charge is 0.274 e. The third kappa shape index (κ3) is 2.95. The van der Waals surface area contributed by atoms with E-state index in [4.69, 9.17) is 4.74 Å². The fourth-order valence-corrected chi connectivity index (χ4v) is 3.63. The van der Waals surface area contributed by atoms with Gasteiger partial charge in [0.2, 0.25) is 0 Å². The number of aromatic amines is 1. The first kappa shape index (κ1) is 15.4. The maximum Gasteiger partial charge on any atom is 0.274 e. The molecule has 126 valence electrons. The minimum absolute atomic E-state index is 0.0167. The Kier molecular flexibility index (Phi) is 4.08. The largest absolute Gasteiger partial charge is 0.373 e. The fourth-order valence-electron chi connectivity index (χ4n) is 3.63. The van der Waals surface area contributed by atoms with E-state index in [1.54, 1.807) is 6.07 Å². The molecule has 1 N–H and O–H groups in total. The highest BCUT2D eigenvalue weighted by molar-refractivity contribution is 5.92. The Morgan fingerprint density at radius 2 is 2.17 bits per heavy atom. The van der Waals surface area contributed by atoms with Crippen LogP contribution in [0.5, 0.6) is 0 Å². The molecule has 2 atom stereocenters. The number of rotatable bonds is 3. The summed E-state index contributed by atoms with van der Waals surface area (Å²) in [4.78, 5) is 16.9. The summed E-state index contributed by atoms with van der Waals surface area (Å²) < 4.78 is 5.93. The number of ether oxygens (including phenoxy) is 1. The summed E-state index contributed by atoms with van der Waals surface area (Å²) in [6, 6.07) is 12.5. The predicted octanol–water partition coefficient (Wildman–Crippen LogP) is 1.44. The molecule has 2 unspecified atom stereocenters. The highest BCUT2D eigenvalue weighted by atomic mass is 16.5. The van der Waals surface area contributed by atoms with Gasteiger partial charge in [0.1, 0.15) is 5.69 Å². The molecule has 6 heteroatoms. The maximum atomic E-state index is 12.6. The molecule has 24 heavy (non-hydrogen) atoms. The Labute approximate surface area is 141 Å². The second-order valence-electron chi connectivity index (χ2n) is 6.58. The van der Waals surface area contributed by atoms with E-state index in [2.05, 4.69) is 39.4 Å². The third-order valence-corrected chi connectivity index (χ3v) is 4.86. The number of fused-ring (bicyclic) bond motifs is 1. The van der Waals surface area contributed by atoms with Crippen LogP contribution < -0.4 is 0 Å². The molecule has 0 bridgehead atoms. The van der Waals surface area contributed by atoms with Crippen LogP contribution in [0.25, 0.3) is 0 Å². The molecule has 3 heterocycles. The van der Waals surface area contributed by atoms with Crippen LogP contribution in [0, 0.1) is 6.92 Å². The quantitative estimate of drug-likeness (QED) is 0.927. The highest BCUT2D eigenvalue weighted by Gasteiger charge is 2.42. The van der Waals surface area contributed by atoms with Crippen LogP contribution in [-0.2, 0) is 11.3 Å². The lowest BCUT2D eigenvalue weighted by molar-refractivity contribution is -0.0503. The van der Waals surface area contributed by atoms with Crippen molar-refractivity contribution in [3.05, 3.63) is 53.3 Å². The molecule has 1 aromatic heterocycles. The SMILES string of the molecule is Cc1cc(C(=O)N2CC3OCCN(Cc4ccccc4)C3C2)n[nH]1. The normalized spacial score (nSPS) is 24.1. The summed E-state index contributed by atoms with van der Waals surface area (Å²) in [6.45, 7) is 5.76. The molecule has 4 rings (SSSR count). The number of carbonyl (C=O) groups is 1. The topological polar surface area (TPSA) is 61.5 Å². The van der Waals surface area contributed by atoms with Gasteiger partial charge in [0, 0.05) is 31.9 Å². The lowest BCUT2D eigenvalue weighted by Gasteiger charge is -2.36. The Morgan fingerprint density at radius 1 is 1.33 bits per heavy atom. The Morgan fingerprint density at radius 3 is 2.92 bits per heavy atom. The van der Waals surface area contributed by atoms with Crippen molar-refractivity contribution < 1.29 is 9.53 Å². The average Bonchev–Trinajstić information content (AvgIpc) is 3.22. The van der Waals surface area contributed by atoms with Crippen LogP contribution in [0.4, 0.5) is 0 Å². The van der Waals surface area contributed by atoms with E-state index in [9.17, 15) is 4.79 Å². The number of H-pyrrole nitrogens is 1. The second kappa shape index (κ2) is 6.37. The first-order valence-electron chi connectivity index (χ1n) is 8.41. The second-order valence-corrected chi connectivity index (χ2v) is 6.58. The minimum Gasteiger partial charge on any atom is -0.373 e. The molecule has 0 aliphatic carbocycles. The molecular weight excluding hydrogens is 304 g/mol. The molecule has 2 aliphatic rings. The number of morpholine rings is 1. The zero-order chi connectivity index (χ0) is 16.5. The fraction of sp³-hybridized carbons (Fsp3) is 0.444. The van der Waals surface area contributed by atoms with E-state index in [1.165, 1.54) is 5.56 Å². The van der Waals surface area contributed by atoms with Gasteiger partial charge in [0.15, 0.2) is 0 Å². The van der Waals surface area contributed by atoms with Gasteiger partial charge in [0.05, 0.1) is 18.8 Å². The van der Waals surface area contributed by atoms with Gasteiger partial charge in [-0.25, -0.2) is 0 Å². The van der Waals surface area contributed by atoms with Gasteiger partial charge in [0.25, 0.3) is 5.91 Å². The number of hydrogen-bond acceptors (Lipinski definition) is 4. The van der Waals surface area contributed by atoms with Crippen molar-refractivity contribution in [2.24, 2.45) is 0 Å². The lowest BCUT2D eigenvalue weighted by atomic mass is 10.1. The van der Waals surface area contributed by atoms with E-state index < -0.39 is 0 Å². The number of hydrogen-bond donors (Lipinski definition) is 1. The van der Waals surface area contributed by atoms with Crippen LogP contribution in [0.15, 0.2) is 36.4 Å². The average molecular weight is 326 g/mol. The molecule has 6 nitrogen and oxygen atoms in total. The van der Waals surface area contributed by atoms with Crippen LogP contribution >= 0.6 is 0 Å². The molecule has 2 fully saturated rings.